The van der Waals surface area contributed by atoms with Crippen LogP contribution in [0.4, 0.5) is 0 Å². The molecule has 3 aromatic carbocycles. The summed E-state index contributed by atoms with van der Waals surface area (Å²) in [6.07, 6.45) is 5.92. The molecular weight excluding hydrogens is 552 g/mol. The molecule has 1 N–H and O–H groups in total. The molecule has 2 aliphatic carbocycles. The molecule has 1 saturated heterocycles. The normalized spacial score (nSPS) is 28.9. The fourth-order valence-corrected chi connectivity index (χ4v) is 10.0. The molecule has 7 heteroatoms. The summed E-state index contributed by atoms with van der Waals surface area (Å²) in [5.41, 5.74) is 6.98. The van der Waals surface area contributed by atoms with Crippen LogP contribution in [-0.2, 0) is 50.9 Å². The first-order valence-corrected chi connectivity index (χ1v) is 15.9. The van der Waals surface area contributed by atoms with E-state index >= 15 is 0 Å². The number of benzene rings is 3. The molecule has 226 valence electrons. The smallest absolute Gasteiger partial charge is 0.397 e. The molecule has 0 saturated carbocycles. The van der Waals surface area contributed by atoms with Crippen LogP contribution in [0.25, 0.3) is 10.9 Å². The number of aryl methyl sites for hydroxylation is 1. The number of carbonyl (C=O) groups excluding carboxylic acids is 1. The number of hydrogen-bond acceptors (Lipinski definition) is 5. The van der Waals surface area contributed by atoms with Crippen molar-refractivity contribution in [2.24, 2.45) is 0 Å². The van der Waals surface area contributed by atoms with E-state index in [-0.39, 0.29) is 12.0 Å². The Balaban J connectivity index is 1.28. The molecule has 1 fully saturated rings. The van der Waals surface area contributed by atoms with Gasteiger partial charge in [0.1, 0.15) is 5.92 Å². The van der Waals surface area contributed by atoms with E-state index in [4.69, 9.17) is 18.6 Å². The predicted molar refractivity (Wildman–Crippen MR) is 168 cm³/mol. The number of aliphatic hydroxyl groups is 1. The third-order valence-electron chi connectivity index (χ3n) is 11.9. The molecule has 1 unspecified atom stereocenters. The topological polar surface area (TPSA) is 67.4 Å². The van der Waals surface area contributed by atoms with E-state index in [2.05, 4.69) is 64.1 Å². The monoisotopic (exact) mass is 591 g/mol. The molecular formula is C37H39N2O5+. The van der Waals surface area contributed by atoms with Crippen LogP contribution in [0.15, 0.2) is 60.7 Å². The van der Waals surface area contributed by atoms with E-state index in [0.29, 0.717) is 12.8 Å². The number of aldehydes is 1. The summed E-state index contributed by atoms with van der Waals surface area (Å²) in [5, 5.41) is 14.7. The van der Waals surface area contributed by atoms with Crippen LogP contribution in [0.3, 0.4) is 0 Å². The van der Waals surface area contributed by atoms with Gasteiger partial charge in [0.2, 0.25) is 5.75 Å². The molecule has 0 amide bonds. The number of rotatable bonds is 6. The number of nitrogens with zero attached hydrogens (tertiary/aromatic N) is 2. The Morgan fingerprint density at radius 2 is 1.80 bits per heavy atom. The number of para-hydroxylation sites is 1. The van der Waals surface area contributed by atoms with Crippen molar-refractivity contribution in [2.45, 2.75) is 67.4 Å². The second-order valence-electron chi connectivity index (χ2n) is 13.3. The lowest BCUT2D eigenvalue weighted by molar-refractivity contribution is -0.373. The third-order valence-corrected chi connectivity index (χ3v) is 11.9. The van der Waals surface area contributed by atoms with Crippen molar-refractivity contribution in [1.29, 1.82) is 0 Å². The lowest BCUT2D eigenvalue weighted by Gasteiger charge is -2.64. The van der Waals surface area contributed by atoms with Crippen LogP contribution in [0.1, 0.15) is 52.3 Å². The zero-order valence-electron chi connectivity index (χ0n) is 25.6. The highest BCUT2D eigenvalue weighted by molar-refractivity contribution is 5.92. The molecule has 7 nitrogen and oxygen atoms in total. The molecule has 44 heavy (non-hydrogen) atoms. The molecule has 4 atom stereocenters. The minimum absolute atomic E-state index is 0.0143. The van der Waals surface area contributed by atoms with Gasteiger partial charge >= 0.3 is 12.0 Å². The molecule has 0 radical (unpaired) electrons. The van der Waals surface area contributed by atoms with E-state index in [0.717, 1.165) is 67.0 Å². The number of fused-ring (bicyclic) bond motifs is 4. The van der Waals surface area contributed by atoms with Crippen LogP contribution in [0.2, 0.25) is 0 Å². The number of piperidine rings is 1. The Morgan fingerprint density at radius 1 is 0.955 bits per heavy atom. The zero-order chi connectivity index (χ0) is 29.8. The summed E-state index contributed by atoms with van der Waals surface area (Å²) in [7, 11) is 5.18. The Labute approximate surface area is 257 Å². The number of hydrogen-bond donors (Lipinski definition) is 1. The standard InChI is InChI=1S/C37H39N2O5/c1-41-29-13-12-24-20-30-36(40)21-26-25-10-7-11-27-32(25)39(19-16-37(27,42-2)43-3)33(26)28-22-44-34(29)31(24)35(28,36)15-18-38(30)17-14-23-8-5-4-6-9-23/h4-13,22,28,30,40H,14-21H2,1-3H3/q+1/t28-,30+,35+,36?/m0/s1. The van der Waals surface area contributed by atoms with Gasteiger partial charge in [-0.05, 0) is 48.6 Å². The quantitative estimate of drug-likeness (QED) is 0.191. The van der Waals surface area contributed by atoms with Gasteiger partial charge in [0.15, 0.2) is 5.79 Å². The summed E-state index contributed by atoms with van der Waals surface area (Å²) in [4.78, 5) is 2.58. The molecule has 4 heterocycles. The zero-order valence-corrected chi connectivity index (χ0v) is 25.6. The summed E-state index contributed by atoms with van der Waals surface area (Å²) in [6.45, 7) is 2.62. The summed E-state index contributed by atoms with van der Waals surface area (Å²) in [6, 6.07) is 21.4. The van der Waals surface area contributed by atoms with Crippen LogP contribution in [-0.4, -0.2) is 66.9 Å². The Morgan fingerprint density at radius 3 is 2.59 bits per heavy atom. The van der Waals surface area contributed by atoms with Gasteiger partial charge in [-0.15, -0.1) is 0 Å². The highest BCUT2D eigenvalue weighted by Crippen LogP contribution is 2.66. The Hall–Kier alpha value is -3.49. The third kappa shape index (κ3) is 3.13. The Bertz CT molecular complexity index is 1840. The van der Waals surface area contributed by atoms with Gasteiger partial charge in [-0.2, -0.15) is 0 Å². The van der Waals surface area contributed by atoms with Crippen molar-refractivity contribution < 1.29 is 23.7 Å². The second-order valence-corrected chi connectivity index (χ2v) is 13.3. The summed E-state index contributed by atoms with van der Waals surface area (Å²) in [5.74, 6) is 0.626. The fraction of sp³-hybridized carbons (Fsp3) is 0.432. The average molecular weight is 592 g/mol. The van der Waals surface area contributed by atoms with Gasteiger partial charge in [-0.25, -0.2) is 4.42 Å². The van der Waals surface area contributed by atoms with Crippen molar-refractivity contribution in [2.75, 3.05) is 34.4 Å². The predicted octanol–water partition coefficient (Wildman–Crippen LogP) is 5.14. The molecule has 1 aromatic heterocycles. The minimum Gasteiger partial charge on any atom is -0.488 e. The molecule has 4 aromatic rings. The maximum Gasteiger partial charge on any atom is 0.397 e. The second kappa shape index (κ2) is 9.27. The summed E-state index contributed by atoms with van der Waals surface area (Å²) >= 11 is 0. The van der Waals surface area contributed by atoms with Gasteiger partial charge in [-0.1, -0.05) is 54.6 Å². The lowest BCUT2D eigenvalue weighted by atomic mass is 9.45. The highest BCUT2D eigenvalue weighted by Gasteiger charge is 2.73. The highest BCUT2D eigenvalue weighted by atomic mass is 16.7. The van der Waals surface area contributed by atoms with Gasteiger partial charge < -0.3 is 23.9 Å². The van der Waals surface area contributed by atoms with Crippen molar-refractivity contribution in [3.8, 4) is 11.5 Å². The maximum absolute atomic E-state index is 13.5. The molecule has 5 aliphatic rings. The van der Waals surface area contributed by atoms with Crippen molar-refractivity contribution in [3.63, 3.8) is 0 Å². The van der Waals surface area contributed by atoms with Crippen LogP contribution in [0.5, 0.6) is 11.5 Å². The van der Waals surface area contributed by atoms with Crippen molar-refractivity contribution in [3.05, 3.63) is 94.2 Å². The van der Waals surface area contributed by atoms with E-state index in [9.17, 15) is 5.11 Å². The van der Waals surface area contributed by atoms with E-state index in [1.54, 1.807) is 21.3 Å². The van der Waals surface area contributed by atoms with E-state index < -0.39 is 16.8 Å². The Kier molecular flexibility index (Phi) is 5.66. The van der Waals surface area contributed by atoms with Gasteiger partial charge in [0.25, 0.3) is 0 Å². The van der Waals surface area contributed by atoms with Gasteiger partial charge in [-0.3, -0.25) is 4.90 Å². The van der Waals surface area contributed by atoms with Crippen molar-refractivity contribution in [1.82, 2.24) is 9.47 Å². The first kappa shape index (κ1) is 26.9. The number of methoxy groups -OCH3 is 3. The number of ether oxygens (including phenoxy) is 3. The SMILES string of the molecule is COc1ccc2c3c1[O+]=C[C@H]1c4c(c5cccc6c5n4CCC6(OC)OC)CC4(O)[C@@H](C2)N(CCc2ccccc2)CC[C@]314. The van der Waals surface area contributed by atoms with Crippen LogP contribution in [0, 0.1) is 0 Å². The largest absolute Gasteiger partial charge is 0.488 e. The molecule has 1 spiro atoms. The van der Waals surface area contributed by atoms with Crippen LogP contribution >= 0.6 is 0 Å². The van der Waals surface area contributed by atoms with E-state index in [1.165, 1.54) is 27.8 Å². The lowest BCUT2D eigenvalue weighted by Crippen LogP contribution is -2.75. The van der Waals surface area contributed by atoms with E-state index in [1.807, 2.05) is 12.4 Å². The first-order valence-electron chi connectivity index (χ1n) is 15.9. The molecule has 2 bridgehead atoms. The molecule has 3 aliphatic heterocycles. The summed E-state index contributed by atoms with van der Waals surface area (Å²) < 4.78 is 27.1. The first-order chi connectivity index (χ1) is 21.5. The number of likely N-dealkylation sites (tertiary alicyclic amines) is 1. The average Bonchev–Trinajstić information content (AvgIpc) is 3.37. The maximum atomic E-state index is 13.5. The number of aromatic nitrogens is 1. The fourth-order valence-electron chi connectivity index (χ4n) is 10.0. The minimum atomic E-state index is -0.989. The van der Waals surface area contributed by atoms with Gasteiger partial charge in [0.05, 0.1) is 29.2 Å². The van der Waals surface area contributed by atoms with Gasteiger partial charge in [0, 0.05) is 62.8 Å². The van der Waals surface area contributed by atoms with Crippen molar-refractivity contribution >= 4 is 17.2 Å². The van der Waals surface area contributed by atoms with Crippen LogP contribution < -0.4 is 4.74 Å². The molecule has 9 rings (SSSR count).